The molecule has 5 heteroatoms. The van der Waals surface area contributed by atoms with E-state index in [-0.39, 0.29) is 11.9 Å². The first kappa shape index (κ1) is 18.9. The van der Waals surface area contributed by atoms with Crippen molar-refractivity contribution in [3.05, 3.63) is 52.2 Å². The normalized spacial score (nSPS) is 20.2. The van der Waals surface area contributed by atoms with Crippen molar-refractivity contribution in [2.75, 3.05) is 21.2 Å². The molecule has 4 nitrogen and oxygen atoms in total. The van der Waals surface area contributed by atoms with E-state index >= 15 is 0 Å². The maximum Gasteiger partial charge on any atom is 0.253 e. The third-order valence-corrected chi connectivity index (χ3v) is 6.26. The van der Waals surface area contributed by atoms with Gasteiger partial charge in [-0.05, 0) is 55.6 Å². The van der Waals surface area contributed by atoms with Crippen LogP contribution in [-0.4, -0.2) is 49.0 Å². The van der Waals surface area contributed by atoms with Gasteiger partial charge in [-0.3, -0.25) is 9.69 Å². The summed E-state index contributed by atoms with van der Waals surface area (Å²) in [5.41, 5.74) is 0.721. The number of benzene rings is 1. The SMILES string of the molecule is COc1ccc(C(=O)N(C)[C@@H]2CCCC[C@H]2N(C)Cc2cccs2)cc1. The second kappa shape index (κ2) is 8.69. The second-order valence-corrected chi connectivity index (χ2v) is 8.09. The molecule has 1 fully saturated rings. The van der Waals surface area contributed by atoms with Crippen molar-refractivity contribution < 1.29 is 9.53 Å². The number of methoxy groups -OCH3 is 1. The van der Waals surface area contributed by atoms with Crippen LogP contribution in [0.15, 0.2) is 41.8 Å². The van der Waals surface area contributed by atoms with Gasteiger partial charge in [-0.1, -0.05) is 18.9 Å². The van der Waals surface area contributed by atoms with Gasteiger partial charge in [0.05, 0.1) is 7.11 Å². The minimum atomic E-state index is 0.0917. The van der Waals surface area contributed by atoms with Gasteiger partial charge >= 0.3 is 0 Å². The monoisotopic (exact) mass is 372 g/mol. The van der Waals surface area contributed by atoms with E-state index in [2.05, 4.69) is 29.5 Å². The highest BCUT2D eigenvalue weighted by Gasteiger charge is 2.33. The topological polar surface area (TPSA) is 32.8 Å². The molecule has 2 aromatic rings. The lowest BCUT2D eigenvalue weighted by molar-refractivity contribution is 0.0488. The molecular weight excluding hydrogens is 344 g/mol. The average Bonchev–Trinajstić information content (AvgIpc) is 3.20. The molecule has 0 unspecified atom stereocenters. The second-order valence-electron chi connectivity index (χ2n) is 7.06. The van der Waals surface area contributed by atoms with Crippen molar-refractivity contribution in [1.82, 2.24) is 9.80 Å². The molecule has 0 saturated heterocycles. The Morgan fingerprint density at radius 1 is 1.12 bits per heavy atom. The van der Waals surface area contributed by atoms with E-state index in [1.54, 1.807) is 18.4 Å². The maximum atomic E-state index is 13.0. The summed E-state index contributed by atoms with van der Waals surface area (Å²) < 4.78 is 5.19. The lowest BCUT2D eigenvalue weighted by atomic mass is 9.88. The van der Waals surface area contributed by atoms with E-state index in [0.717, 1.165) is 30.7 Å². The first-order valence-corrected chi connectivity index (χ1v) is 10.1. The lowest BCUT2D eigenvalue weighted by Crippen LogP contribution is -2.52. The predicted octanol–water partition coefficient (Wildman–Crippen LogP) is 4.27. The summed E-state index contributed by atoms with van der Waals surface area (Å²) in [4.78, 5) is 18.8. The molecule has 0 spiro atoms. The number of nitrogens with zero attached hydrogens (tertiary/aromatic N) is 2. The van der Waals surface area contributed by atoms with Crippen LogP contribution in [-0.2, 0) is 6.54 Å². The molecule has 1 amide bonds. The van der Waals surface area contributed by atoms with Crippen LogP contribution in [0.2, 0.25) is 0 Å². The van der Waals surface area contributed by atoms with Gasteiger partial charge < -0.3 is 9.64 Å². The summed E-state index contributed by atoms with van der Waals surface area (Å²) in [7, 11) is 5.78. The van der Waals surface area contributed by atoms with Gasteiger partial charge in [-0.2, -0.15) is 0 Å². The number of thiophene rings is 1. The molecule has 0 radical (unpaired) electrons. The Bertz CT molecular complexity index is 699. The van der Waals surface area contributed by atoms with Gasteiger partial charge in [-0.15, -0.1) is 11.3 Å². The number of carbonyl (C=O) groups is 1. The molecule has 1 aromatic heterocycles. The number of hydrogen-bond donors (Lipinski definition) is 0. The lowest BCUT2D eigenvalue weighted by Gasteiger charge is -2.42. The molecule has 1 aliphatic rings. The van der Waals surface area contributed by atoms with Crippen LogP contribution in [0.3, 0.4) is 0 Å². The Labute approximate surface area is 160 Å². The van der Waals surface area contributed by atoms with Crippen LogP contribution < -0.4 is 4.74 Å². The fourth-order valence-corrected chi connectivity index (χ4v) is 4.68. The summed E-state index contributed by atoms with van der Waals surface area (Å²) in [6.07, 6.45) is 4.64. The number of amides is 1. The van der Waals surface area contributed by atoms with Crippen LogP contribution >= 0.6 is 11.3 Å². The largest absolute Gasteiger partial charge is 0.497 e. The predicted molar refractivity (Wildman–Crippen MR) is 107 cm³/mol. The van der Waals surface area contributed by atoms with E-state index in [1.807, 2.05) is 36.2 Å². The Kier molecular flexibility index (Phi) is 6.33. The van der Waals surface area contributed by atoms with Gasteiger partial charge in [-0.25, -0.2) is 0 Å². The molecule has 3 rings (SSSR count). The summed E-state index contributed by atoms with van der Waals surface area (Å²) in [6.45, 7) is 0.948. The highest BCUT2D eigenvalue weighted by Crippen LogP contribution is 2.28. The van der Waals surface area contributed by atoms with E-state index in [1.165, 1.54) is 17.7 Å². The Hall–Kier alpha value is -1.85. The molecule has 1 heterocycles. The van der Waals surface area contributed by atoms with E-state index in [4.69, 9.17) is 4.74 Å². The first-order chi connectivity index (χ1) is 12.6. The molecule has 1 saturated carbocycles. The van der Waals surface area contributed by atoms with Crippen LogP contribution in [0.1, 0.15) is 40.9 Å². The van der Waals surface area contributed by atoms with Crippen molar-refractivity contribution in [2.45, 2.75) is 44.3 Å². The molecule has 140 valence electrons. The van der Waals surface area contributed by atoms with E-state index < -0.39 is 0 Å². The van der Waals surface area contributed by atoms with Crippen LogP contribution in [0.4, 0.5) is 0 Å². The number of ether oxygens (including phenoxy) is 1. The molecule has 0 bridgehead atoms. The Balaban J connectivity index is 1.71. The van der Waals surface area contributed by atoms with Crippen LogP contribution in [0, 0.1) is 0 Å². The molecule has 1 aliphatic carbocycles. The van der Waals surface area contributed by atoms with Gasteiger partial charge in [0, 0.05) is 36.1 Å². The average molecular weight is 373 g/mol. The standard InChI is InChI=1S/C21H28N2O2S/c1-22(15-18-7-6-14-26-18)19-8-4-5-9-20(19)23(2)21(24)16-10-12-17(25-3)13-11-16/h6-7,10-14,19-20H,4-5,8-9,15H2,1-3H3/t19-,20-/m1/s1. The van der Waals surface area contributed by atoms with Crippen molar-refractivity contribution >= 4 is 17.2 Å². The van der Waals surface area contributed by atoms with Crippen LogP contribution in [0.5, 0.6) is 5.75 Å². The Morgan fingerprint density at radius 3 is 2.42 bits per heavy atom. The minimum absolute atomic E-state index is 0.0917. The van der Waals surface area contributed by atoms with Crippen molar-refractivity contribution in [3.63, 3.8) is 0 Å². The summed E-state index contributed by atoms with van der Waals surface area (Å²) in [5.74, 6) is 0.865. The van der Waals surface area contributed by atoms with Gasteiger partial charge in [0.15, 0.2) is 0 Å². The summed E-state index contributed by atoms with van der Waals surface area (Å²) in [6, 6.07) is 12.3. The highest BCUT2D eigenvalue weighted by atomic mass is 32.1. The number of carbonyl (C=O) groups excluding carboxylic acids is 1. The molecule has 0 aliphatic heterocycles. The number of hydrogen-bond acceptors (Lipinski definition) is 4. The zero-order chi connectivity index (χ0) is 18.5. The van der Waals surface area contributed by atoms with Crippen molar-refractivity contribution in [2.24, 2.45) is 0 Å². The third-order valence-electron chi connectivity index (χ3n) is 5.40. The van der Waals surface area contributed by atoms with E-state index in [0.29, 0.717) is 6.04 Å². The number of likely N-dealkylation sites (N-methyl/N-ethyl adjacent to an activating group) is 2. The summed E-state index contributed by atoms with van der Waals surface area (Å²) >= 11 is 1.80. The highest BCUT2D eigenvalue weighted by molar-refractivity contribution is 7.09. The van der Waals surface area contributed by atoms with Crippen LogP contribution in [0.25, 0.3) is 0 Å². The van der Waals surface area contributed by atoms with Gasteiger partial charge in [0.25, 0.3) is 5.91 Å². The zero-order valence-corrected chi connectivity index (χ0v) is 16.7. The summed E-state index contributed by atoms with van der Waals surface area (Å²) in [5, 5.41) is 2.13. The molecular formula is C21H28N2O2S. The molecule has 0 N–H and O–H groups in total. The first-order valence-electron chi connectivity index (χ1n) is 9.24. The number of rotatable bonds is 6. The Morgan fingerprint density at radius 2 is 1.81 bits per heavy atom. The fraction of sp³-hybridized carbons (Fsp3) is 0.476. The van der Waals surface area contributed by atoms with Crippen molar-refractivity contribution in [3.8, 4) is 5.75 Å². The van der Waals surface area contributed by atoms with Gasteiger partial charge in [0.2, 0.25) is 0 Å². The van der Waals surface area contributed by atoms with E-state index in [9.17, 15) is 4.79 Å². The maximum absolute atomic E-state index is 13.0. The minimum Gasteiger partial charge on any atom is -0.497 e. The van der Waals surface area contributed by atoms with Gasteiger partial charge in [0.1, 0.15) is 5.75 Å². The van der Waals surface area contributed by atoms with Crippen molar-refractivity contribution in [1.29, 1.82) is 0 Å². The molecule has 2 atom stereocenters. The zero-order valence-electron chi connectivity index (χ0n) is 15.9. The smallest absolute Gasteiger partial charge is 0.253 e. The quantitative estimate of drug-likeness (QED) is 0.759. The third kappa shape index (κ3) is 4.27. The fourth-order valence-electron chi connectivity index (χ4n) is 3.91. The molecule has 26 heavy (non-hydrogen) atoms. The molecule has 1 aromatic carbocycles.